The van der Waals surface area contributed by atoms with Crippen LogP contribution < -0.4 is 0 Å². The Labute approximate surface area is 93.3 Å². The van der Waals surface area contributed by atoms with Crippen LogP contribution in [0.4, 0.5) is 0 Å². The first kappa shape index (κ1) is 10.4. The summed E-state index contributed by atoms with van der Waals surface area (Å²) >= 11 is 3.76. The molecule has 1 aliphatic heterocycles. The maximum absolute atomic E-state index is 10.1. The topological polar surface area (TPSA) is 20.2 Å². The fraction of sp³-hybridized carbons (Fsp3) is 0.455. The summed E-state index contributed by atoms with van der Waals surface area (Å²) in [6.07, 6.45) is 0.958. The van der Waals surface area contributed by atoms with E-state index in [0.717, 1.165) is 5.56 Å². The van der Waals surface area contributed by atoms with E-state index < -0.39 is 0 Å². The van der Waals surface area contributed by atoms with Gasteiger partial charge in [0.05, 0.1) is 10.7 Å². The summed E-state index contributed by atoms with van der Waals surface area (Å²) in [6, 6.07) is 9.95. The Morgan fingerprint density at radius 1 is 1.14 bits per heavy atom. The second-order valence-electron chi connectivity index (χ2n) is 3.32. The minimum absolute atomic E-state index is 0.313. The van der Waals surface area contributed by atoms with Crippen molar-refractivity contribution in [3.63, 3.8) is 0 Å². The lowest BCUT2D eigenvalue weighted by Crippen LogP contribution is -2.16. The van der Waals surface area contributed by atoms with Gasteiger partial charge in [0, 0.05) is 0 Å². The molecule has 1 fully saturated rings. The van der Waals surface area contributed by atoms with Crippen molar-refractivity contribution in [2.75, 3.05) is 11.5 Å². The van der Waals surface area contributed by atoms with E-state index in [0.29, 0.717) is 4.58 Å². The average Bonchev–Trinajstić information content (AvgIpc) is 2.30. The first-order chi connectivity index (χ1) is 6.88. The maximum atomic E-state index is 10.1. The first-order valence-electron chi connectivity index (χ1n) is 4.84. The molecule has 2 rings (SSSR count). The van der Waals surface area contributed by atoms with E-state index >= 15 is 0 Å². The Balaban J connectivity index is 2.03. The van der Waals surface area contributed by atoms with Crippen LogP contribution in [0.2, 0.25) is 0 Å². The second kappa shape index (κ2) is 5.10. The van der Waals surface area contributed by atoms with Crippen LogP contribution in [0.5, 0.6) is 0 Å². The monoisotopic (exact) mass is 226 g/mol. The van der Waals surface area contributed by atoms with E-state index in [2.05, 4.69) is 0 Å². The quantitative estimate of drug-likeness (QED) is 0.837. The van der Waals surface area contributed by atoms with E-state index in [1.54, 1.807) is 0 Å². The molecule has 1 aliphatic rings. The van der Waals surface area contributed by atoms with Crippen LogP contribution in [0.15, 0.2) is 30.3 Å². The van der Waals surface area contributed by atoms with E-state index in [-0.39, 0.29) is 6.10 Å². The molecular formula is C11H14OS2. The molecule has 0 amide bonds. The lowest BCUT2D eigenvalue weighted by molar-refractivity contribution is 0.196. The molecule has 3 heteroatoms. The third kappa shape index (κ3) is 2.47. The highest BCUT2D eigenvalue weighted by molar-refractivity contribution is 8.17. The van der Waals surface area contributed by atoms with Crippen LogP contribution in [-0.2, 0) is 0 Å². The molecule has 1 aromatic carbocycles. The van der Waals surface area contributed by atoms with Gasteiger partial charge in [0.1, 0.15) is 0 Å². The van der Waals surface area contributed by atoms with Gasteiger partial charge in [0.25, 0.3) is 0 Å². The number of thioether (sulfide) groups is 2. The minimum atomic E-state index is -0.313. The zero-order valence-electron chi connectivity index (χ0n) is 7.93. The standard InChI is InChI=1S/C11H14OS2/c12-10(9-5-2-1-3-6-9)11-13-7-4-8-14-11/h1-3,5-6,10-12H,4,7-8H2. The molecule has 0 bridgehead atoms. The molecule has 0 aromatic heterocycles. The van der Waals surface area contributed by atoms with Gasteiger partial charge in [-0.05, 0) is 23.5 Å². The lowest BCUT2D eigenvalue weighted by Gasteiger charge is -2.25. The number of hydrogen-bond donors (Lipinski definition) is 1. The Bertz CT molecular complexity index is 270. The largest absolute Gasteiger partial charge is 0.386 e. The Kier molecular flexibility index (Phi) is 3.79. The van der Waals surface area contributed by atoms with Crippen LogP contribution >= 0.6 is 23.5 Å². The predicted octanol–water partition coefficient (Wildman–Crippen LogP) is 2.92. The van der Waals surface area contributed by atoms with Crippen molar-refractivity contribution in [1.29, 1.82) is 0 Å². The predicted molar refractivity (Wildman–Crippen MR) is 64.7 cm³/mol. The van der Waals surface area contributed by atoms with Crippen LogP contribution in [-0.4, -0.2) is 21.2 Å². The van der Waals surface area contributed by atoms with Crippen molar-refractivity contribution in [3.05, 3.63) is 35.9 Å². The molecule has 1 heterocycles. The zero-order valence-corrected chi connectivity index (χ0v) is 9.56. The molecule has 0 radical (unpaired) electrons. The number of aliphatic hydroxyl groups excluding tert-OH is 1. The summed E-state index contributed by atoms with van der Waals surface area (Å²) in [6.45, 7) is 0. The second-order valence-corrected chi connectivity index (χ2v) is 6.12. The Morgan fingerprint density at radius 2 is 1.79 bits per heavy atom. The molecule has 0 saturated carbocycles. The smallest absolute Gasteiger partial charge is 0.1000 e. The summed E-state index contributed by atoms with van der Waals surface area (Å²) in [5.41, 5.74) is 1.04. The van der Waals surface area contributed by atoms with Crippen molar-refractivity contribution in [2.24, 2.45) is 0 Å². The lowest BCUT2D eigenvalue weighted by atomic mass is 10.1. The van der Waals surface area contributed by atoms with Gasteiger partial charge in [0.2, 0.25) is 0 Å². The van der Waals surface area contributed by atoms with Gasteiger partial charge in [0.15, 0.2) is 0 Å². The van der Waals surface area contributed by atoms with Gasteiger partial charge < -0.3 is 5.11 Å². The summed E-state index contributed by atoms with van der Waals surface area (Å²) in [5, 5.41) is 10.1. The van der Waals surface area contributed by atoms with Gasteiger partial charge in [-0.3, -0.25) is 0 Å². The molecule has 76 valence electrons. The number of rotatable bonds is 2. The Morgan fingerprint density at radius 3 is 2.43 bits per heavy atom. The fourth-order valence-corrected chi connectivity index (χ4v) is 4.41. The Hall–Kier alpha value is -0.120. The van der Waals surface area contributed by atoms with Gasteiger partial charge in [-0.2, -0.15) is 0 Å². The molecule has 1 N–H and O–H groups in total. The van der Waals surface area contributed by atoms with Gasteiger partial charge in [-0.15, -0.1) is 23.5 Å². The maximum Gasteiger partial charge on any atom is 0.1000 e. The molecule has 1 atom stereocenters. The molecule has 0 spiro atoms. The summed E-state index contributed by atoms with van der Waals surface area (Å²) in [4.78, 5) is 0. The molecule has 14 heavy (non-hydrogen) atoms. The molecule has 1 saturated heterocycles. The third-order valence-electron chi connectivity index (χ3n) is 2.25. The highest BCUT2D eigenvalue weighted by atomic mass is 32.2. The van der Waals surface area contributed by atoms with E-state index in [4.69, 9.17) is 0 Å². The highest BCUT2D eigenvalue weighted by Gasteiger charge is 2.23. The number of benzene rings is 1. The fourth-order valence-electron chi connectivity index (χ4n) is 1.50. The van der Waals surface area contributed by atoms with Crippen molar-refractivity contribution < 1.29 is 5.11 Å². The molecular weight excluding hydrogens is 212 g/mol. The average molecular weight is 226 g/mol. The number of aliphatic hydroxyl groups is 1. The molecule has 1 nitrogen and oxygen atoms in total. The van der Waals surface area contributed by atoms with E-state index in [1.165, 1.54) is 17.9 Å². The van der Waals surface area contributed by atoms with Crippen molar-refractivity contribution in [1.82, 2.24) is 0 Å². The van der Waals surface area contributed by atoms with Crippen LogP contribution in [0, 0.1) is 0 Å². The summed E-state index contributed by atoms with van der Waals surface area (Å²) < 4.78 is 0.325. The molecule has 1 unspecified atom stereocenters. The van der Waals surface area contributed by atoms with Gasteiger partial charge in [-0.1, -0.05) is 30.3 Å². The van der Waals surface area contributed by atoms with Crippen molar-refractivity contribution in [2.45, 2.75) is 17.1 Å². The minimum Gasteiger partial charge on any atom is -0.386 e. The van der Waals surface area contributed by atoms with Crippen LogP contribution in [0.1, 0.15) is 18.1 Å². The first-order valence-corrected chi connectivity index (χ1v) is 6.94. The highest BCUT2D eigenvalue weighted by Crippen LogP contribution is 2.38. The molecule has 0 aliphatic carbocycles. The zero-order chi connectivity index (χ0) is 9.80. The van der Waals surface area contributed by atoms with Crippen LogP contribution in [0.25, 0.3) is 0 Å². The number of hydrogen-bond acceptors (Lipinski definition) is 3. The third-order valence-corrected chi connectivity index (χ3v) is 5.29. The van der Waals surface area contributed by atoms with Gasteiger partial charge in [-0.25, -0.2) is 0 Å². The summed E-state index contributed by atoms with van der Waals surface area (Å²) in [5.74, 6) is 2.36. The van der Waals surface area contributed by atoms with E-state index in [9.17, 15) is 5.11 Å². The van der Waals surface area contributed by atoms with Crippen LogP contribution in [0.3, 0.4) is 0 Å². The molecule has 1 aromatic rings. The van der Waals surface area contributed by atoms with Crippen molar-refractivity contribution in [3.8, 4) is 0 Å². The van der Waals surface area contributed by atoms with Gasteiger partial charge >= 0.3 is 0 Å². The normalized spacial score (nSPS) is 20.6. The van der Waals surface area contributed by atoms with Crippen molar-refractivity contribution >= 4 is 23.5 Å². The summed E-state index contributed by atoms with van der Waals surface area (Å²) in [7, 11) is 0. The SMILES string of the molecule is OC(c1ccccc1)C1SCCCS1. The van der Waals surface area contributed by atoms with E-state index in [1.807, 2.05) is 53.9 Å².